The summed E-state index contributed by atoms with van der Waals surface area (Å²) < 4.78 is 0. The number of nitrogens with one attached hydrogen (secondary N) is 1. The van der Waals surface area contributed by atoms with Gasteiger partial charge in [-0.05, 0) is 48.8 Å². The van der Waals surface area contributed by atoms with Gasteiger partial charge in [0.05, 0.1) is 5.60 Å². The van der Waals surface area contributed by atoms with Crippen LogP contribution in [0.3, 0.4) is 0 Å². The van der Waals surface area contributed by atoms with Gasteiger partial charge in [0.25, 0.3) is 0 Å². The Kier molecular flexibility index (Phi) is 3.40. The van der Waals surface area contributed by atoms with Crippen molar-refractivity contribution in [1.82, 2.24) is 5.32 Å². The summed E-state index contributed by atoms with van der Waals surface area (Å²) in [5, 5.41) is 13.7. The van der Waals surface area contributed by atoms with Gasteiger partial charge in [-0.3, -0.25) is 0 Å². The molecule has 0 radical (unpaired) electrons. The van der Waals surface area contributed by atoms with E-state index in [4.69, 9.17) is 0 Å². The Morgan fingerprint density at radius 2 is 1.83 bits per heavy atom. The molecular formula is C16H23NO. The molecule has 2 aliphatic rings. The Hall–Kier alpha value is -0.860. The summed E-state index contributed by atoms with van der Waals surface area (Å²) in [6.45, 7) is 1.62. The predicted octanol–water partition coefficient (Wildman–Crippen LogP) is 2.57. The van der Waals surface area contributed by atoms with Crippen LogP contribution in [0.2, 0.25) is 0 Å². The van der Waals surface area contributed by atoms with Crippen molar-refractivity contribution < 1.29 is 5.11 Å². The minimum atomic E-state index is -0.434. The summed E-state index contributed by atoms with van der Waals surface area (Å²) >= 11 is 0. The Bertz CT molecular complexity index is 421. The highest BCUT2D eigenvalue weighted by Gasteiger charge is 2.30. The fourth-order valence-corrected chi connectivity index (χ4v) is 3.38. The third-order valence-electron chi connectivity index (χ3n) is 4.48. The van der Waals surface area contributed by atoms with Crippen LogP contribution in [-0.2, 0) is 19.4 Å². The molecule has 18 heavy (non-hydrogen) atoms. The number of fused-ring (bicyclic) bond motifs is 1. The summed E-state index contributed by atoms with van der Waals surface area (Å²) in [6, 6.07) is 6.85. The minimum absolute atomic E-state index is 0.434. The molecule has 1 aromatic rings. The van der Waals surface area contributed by atoms with Gasteiger partial charge in [0, 0.05) is 13.1 Å². The number of hydrogen-bond donors (Lipinski definition) is 2. The molecule has 0 unspecified atom stereocenters. The van der Waals surface area contributed by atoms with E-state index in [2.05, 4.69) is 23.5 Å². The van der Waals surface area contributed by atoms with Crippen molar-refractivity contribution in [2.24, 2.45) is 0 Å². The van der Waals surface area contributed by atoms with E-state index in [9.17, 15) is 5.11 Å². The average Bonchev–Trinajstić information content (AvgIpc) is 2.97. The quantitative estimate of drug-likeness (QED) is 0.854. The van der Waals surface area contributed by atoms with E-state index in [1.54, 1.807) is 0 Å². The maximum atomic E-state index is 10.3. The molecule has 0 aliphatic heterocycles. The zero-order chi connectivity index (χ0) is 12.4. The van der Waals surface area contributed by atoms with Gasteiger partial charge in [-0.2, -0.15) is 0 Å². The normalized spacial score (nSPS) is 21.2. The molecule has 2 heteroatoms. The van der Waals surface area contributed by atoms with E-state index in [-0.39, 0.29) is 0 Å². The second-order valence-corrected chi connectivity index (χ2v) is 5.99. The van der Waals surface area contributed by atoms with Crippen molar-refractivity contribution in [1.29, 1.82) is 0 Å². The molecule has 2 N–H and O–H groups in total. The molecule has 0 amide bonds. The largest absolute Gasteiger partial charge is 0.389 e. The maximum absolute atomic E-state index is 10.3. The molecule has 1 saturated carbocycles. The number of aryl methyl sites for hydroxylation is 2. The fraction of sp³-hybridized carbons (Fsp3) is 0.625. The average molecular weight is 245 g/mol. The van der Waals surface area contributed by atoms with E-state index >= 15 is 0 Å². The van der Waals surface area contributed by atoms with Crippen molar-refractivity contribution in [2.75, 3.05) is 6.54 Å². The van der Waals surface area contributed by atoms with Gasteiger partial charge in [-0.15, -0.1) is 0 Å². The highest BCUT2D eigenvalue weighted by molar-refractivity contribution is 5.35. The first-order chi connectivity index (χ1) is 8.75. The molecule has 2 nitrogen and oxygen atoms in total. The lowest BCUT2D eigenvalue weighted by Crippen LogP contribution is -2.37. The highest BCUT2D eigenvalue weighted by atomic mass is 16.3. The molecule has 3 rings (SSSR count). The summed E-state index contributed by atoms with van der Waals surface area (Å²) in [5.74, 6) is 0. The van der Waals surface area contributed by atoms with Crippen molar-refractivity contribution in [3.05, 3.63) is 34.9 Å². The monoisotopic (exact) mass is 245 g/mol. The van der Waals surface area contributed by atoms with Gasteiger partial charge >= 0.3 is 0 Å². The molecule has 1 aromatic carbocycles. The molecule has 0 heterocycles. The fourth-order valence-electron chi connectivity index (χ4n) is 3.38. The van der Waals surface area contributed by atoms with Crippen molar-refractivity contribution >= 4 is 0 Å². The molecule has 0 aromatic heterocycles. The van der Waals surface area contributed by atoms with E-state index in [0.717, 1.165) is 25.9 Å². The number of benzene rings is 1. The first-order valence-electron chi connectivity index (χ1n) is 7.29. The van der Waals surface area contributed by atoms with Gasteiger partial charge in [-0.1, -0.05) is 31.0 Å². The Balaban J connectivity index is 1.54. The topological polar surface area (TPSA) is 32.3 Å². The zero-order valence-electron chi connectivity index (χ0n) is 11.0. The van der Waals surface area contributed by atoms with Crippen LogP contribution in [0.5, 0.6) is 0 Å². The Labute approximate surface area is 109 Å². The van der Waals surface area contributed by atoms with Crippen LogP contribution in [0.15, 0.2) is 18.2 Å². The number of rotatable bonds is 4. The summed E-state index contributed by atoms with van der Waals surface area (Å²) in [6.07, 6.45) is 8.09. The number of hydrogen-bond acceptors (Lipinski definition) is 2. The molecule has 0 atom stereocenters. The van der Waals surface area contributed by atoms with Crippen molar-refractivity contribution in [3.63, 3.8) is 0 Å². The van der Waals surface area contributed by atoms with Gasteiger partial charge in [-0.25, -0.2) is 0 Å². The highest BCUT2D eigenvalue weighted by Crippen LogP contribution is 2.28. The summed E-state index contributed by atoms with van der Waals surface area (Å²) in [4.78, 5) is 0. The van der Waals surface area contributed by atoms with Gasteiger partial charge < -0.3 is 10.4 Å². The lowest BCUT2D eigenvalue weighted by molar-refractivity contribution is 0.0475. The van der Waals surface area contributed by atoms with E-state index in [1.807, 2.05) is 0 Å². The van der Waals surface area contributed by atoms with Crippen LogP contribution in [0, 0.1) is 0 Å². The smallest absolute Gasteiger partial charge is 0.0771 e. The van der Waals surface area contributed by atoms with E-state index < -0.39 is 5.60 Å². The summed E-state index contributed by atoms with van der Waals surface area (Å²) in [5.41, 5.74) is 4.00. The van der Waals surface area contributed by atoms with E-state index in [0.29, 0.717) is 0 Å². The molecule has 2 aliphatic carbocycles. The first-order valence-corrected chi connectivity index (χ1v) is 7.29. The molecule has 98 valence electrons. The van der Waals surface area contributed by atoms with Crippen LogP contribution in [0.25, 0.3) is 0 Å². The van der Waals surface area contributed by atoms with Crippen LogP contribution in [0.1, 0.15) is 48.8 Å². The SMILES string of the molecule is OC1(CNCc2ccc3c(c2)CCC3)CCCC1. The minimum Gasteiger partial charge on any atom is -0.389 e. The van der Waals surface area contributed by atoms with Crippen LogP contribution < -0.4 is 5.32 Å². The van der Waals surface area contributed by atoms with Crippen LogP contribution in [-0.4, -0.2) is 17.3 Å². The van der Waals surface area contributed by atoms with Crippen molar-refractivity contribution in [3.8, 4) is 0 Å². The second kappa shape index (κ2) is 5.02. The third kappa shape index (κ3) is 2.60. The van der Waals surface area contributed by atoms with Gasteiger partial charge in [0.2, 0.25) is 0 Å². The van der Waals surface area contributed by atoms with Gasteiger partial charge in [0.15, 0.2) is 0 Å². The molecule has 0 saturated heterocycles. The third-order valence-corrected chi connectivity index (χ3v) is 4.48. The maximum Gasteiger partial charge on any atom is 0.0771 e. The first kappa shape index (κ1) is 12.2. The second-order valence-electron chi connectivity index (χ2n) is 5.99. The summed E-state index contributed by atoms with van der Waals surface area (Å²) in [7, 11) is 0. The van der Waals surface area contributed by atoms with Crippen molar-refractivity contribution in [2.45, 2.75) is 57.1 Å². The molecular weight excluding hydrogens is 222 g/mol. The Morgan fingerprint density at radius 1 is 1.06 bits per heavy atom. The van der Waals surface area contributed by atoms with Gasteiger partial charge in [0.1, 0.15) is 0 Å². The molecule has 1 fully saturated rings. The Morgan fingerprint density at radius 3 is 2.67 bits per heavy atom. The van der Waals surface area contributed by atoms with E-state index in [1.165, 1.54) is 48.8 Å². The lowest BCUT2D eigenvalue weighted by atomic mass is 10.0. The lowest BCUT2D eigenvalue weighted by Gasteiger charge is -2.22. The predicted molar refractivity (Wildman–Crippen MR) is 73.6 cm³/mol. The molecule has 0 bridgehead atoms. The molecule has 0 spiro atoms. The number of aliphatic hydroxyl groups is 1. The van der Waals surface area contributed by atoms with Crippen LogP contribution >= 0.6 is 0 Å². The zero-order valence-corrected chi connectivity index (χ0v) is 11.0. The standard InChI is InChI=1S/C16H23NO/c18-16(8-1-2-9-16)12-17-11-13-6-7-14-4-3-5-15(14)10-13/h6-7,10,17-18H,1-5,8-9,11-12H2. The van der Waals surface area contributed by atoms with Crippen LogP contribution in [0.4, 0.5) is 0 Å².